The van der Waals surface area contributed by atoms with E-state index < -0.39 is 11.7 Å². The summed E-state index contributed by atoms with van der Waals surface area (Å²) in [5.41, 5.74) is 0.528. The first-order chi connectivity index (χ1) is 17.2. The molecular formula is C25H23ClF3N5OS. The lowest BCUT2D eigenvalue weighted by atomic mass is 9.96. The highest BCUT2D eigenvalue weighted by Gasteiger charge is 2.34. The van der Waals surface area contributed by atoms with Crippen LogP contribution in [0.5, 0.6) is 5.88 Å². The smallest absolute Gasteiger partial charge is 0.416 e. The Balaban J connectivity index is 1.59. The lowest BCUT2D eigenvalue weighted by Gasteiger charge is -2.29. The molecule has 1 fully saturated rings. The number of hydrogen-bond donors (Lipinski definition) is 2. The van der Waals surface area contributed by atoms with E-state index in [2.05, 4.69) is 32.5 Å². The molecule has 1 aromatic heterocycles. The fourth-order valence-electron chi connectivity index (χ4n) is 4.46. The molecule has 0 atom stereocenters. The van der Waals surface area contributed by atoms with Gasteiger partial charge in [0, 0.05) is 23.0 Å². The van der Waals surface area contributed by atoms with Crippen molar-refractivity contribution in [1.82, 2.24) is 9.88 Å². The van der Waals surface area contributed by atoms with Crippen molar-refractivity contribution in [1.29, 1.82) is 0 Å². The Hall–Kier alpha value is -2.95. The standard InChI is InChI=1S/C25H23ClF3N5OS/c1-34-8-6-18(7-9-34)31-24-32-23(35)22(36-24)19(14-3-5-21-16(10-14)13-30-33-21)11-15-2-4-17(26)12-20(15)25(27,28)29/h2-5,10,12-13,18,35H,6-9,11H2,1H3,(H,31,32). The van der Waals surface area contributed by atoms with Crippen molar-refractivity contribution < 1.29 is 18.3 Å². The van der Waals surface area contributed by atoms with E-state index in [-0.39, 0.29) is 28.9 Å². The number of nitrogens with zero attached hydrogens (tertiary/aromatic N) is 4. The van der Waals surface area contributed by atoms with E-state index in [1.807, 2.05) is 6.07 Å². The van der Waals surface area contributed by atoms with E-state index >= 15 is 0 Å². The number of aromatic hydroxyl groups is 1. The van der Waals surface area contributed by atoms with Gasteiger partial charge in [-0.1, -0.05) is 35.1 Å². The van der Waals surface area contributed by atoms with E-state index in [1.54, 1.807) is 18.3 Å². The third-order valence-corrected chi connectivity index (χ3v) is 7.68. The molecule has 0 saturated carbocycles. The molecule has 0 unspecified atom stereocenters. The molecule has 11 heteroatoms. The molecule has 2 aliphatic rings. The molecule has 0 bridgehead atoms. The Morgan fingerprint density at radius 2 is 1.97 bits per heavy atom. The maximum absolute atomic E-state index is 13.9. The summed E-state index contributed by atoms with van der Waals surface area (Å²) in [6.45, 7) is 1.91. The summed E-state index contributed by atoms with van der Waals surface area (Å²) in [6, 6.07) is 9.33. The molecule has 1 saturated heterocycles. The first-order valence-corrected chi connectivity index (χ1v) is 12.6. The highest BCUT2D eigenvalue weighted by Crippen LogP contribution is 2.39. The normalized spacial score (nSPS) is 17.1. The fourth-order valence-corrected chi connectivity index (χ4v) is 5.63. The molecule has 36 heavy (non-hydrogen) atoms. The topological polar surface area (TPSA) is 73.1 Å². The number of halogens is 4. The third-order valence-electron chi connectivity index (χ3n) is 6.41. The summed E-state index contributed by atoms with van der Waals surface area (Å²) in [5.74, 6) is -0.216. The largest absolute Gasteiger partial charge is 0.492 e. The number of alkyl halides is 3. The number of benzene rings is 2. The third kappa shape index (κ3) is 5.25. The number of fused-ring (bicyclic) bond motifs is 1. The van der Waals surface area contributed by atoms with Gasteiger partial charge in [-0.2, -0.15) is 28.4 Å². The van der Waals surface area contributed by atoms with Gasteiger partial charge in [0.05, 0.1) is 22.0 Å². The van der Waals surface area contributed by atoms with Crippen LogP contribution in [0.25, 0.3) is 5.57 Å². The van der Waals surface area contributed by atoms with Crippen LogP contribution in [-0.4, -0.2) is 47.4 Å². The van der Waals surface area contributed by atoms with Crippen LogP contribution in [0.15, 0.2) is 46.6 Å². The van der Waals surface area contributed by atoms with Crippen LogP contribution >= 0.6 is 22.9 Å². The summed E-state index contributed by atoms with van der Waals surface area (Å²) in [6.07, 6.45) is -1.18. The summed E-state index contributed by atoms with van der Waals surface area (Å²) in [7, 11) is 2.07. The van der Waals surface area contributed by atoms with Crippen molar-refractivity contribution in [3.63, 3.8) is 0 Å². The molecule has 0 spiro atoms. The van der Waals surface area contributed by atoms with Gasteiger partial charge in [-0.25, -0.2) is 0 Å². The summed E-state index contributed by atoms with van der Waals surface area (Å²) in [5, 5.41) is 24.0. The highest BCUT2D eigenvalue weighted by atomic mass is 35.5. The Morgan fingerprint density at radius 1 is 1.19 bits per heavy atom. The van der Waals surface area contributed by atoms with Gasteiger partial charge in [-0.05, 0) is 73.6 Å². The predicted octanol–water partition coefficient (Wildman–Crippen LogP) is 4.44. The van der Waals surface area contributed by atoms with Crippen LogP contribution < -0.4 is 15.9 Å². The summed E-state index contributed by atoms with van der Waals surface area (Å²) >= 11 is 7.14. The van der Waals surface area contributed by atoms with Crippen LogP contribution in [0, 0.1) is 0 Å². The minimum absolute atomic E-state index is 0.00762. The molecule has 5 rings (SSSR count). The zero-order valence-electron chi connectivity index (χ0n) is 19.3. The number of rotatable bonds is 5. The Kier molecular flexibility index (Phi) is 6.76. The summed E-state index contributed by atoms with van der Waals surface area (Å²) < 4.78 is 41.6. The average Bonchev–Trinajstić information content (AvgIpc) is 3.44. The predicted molar refractivity (Wildman–Crippen MR) is 135 cm³/mol. The SMILES string of the molecule is CN1CCC(Nc2nc(O)c(C(Cc3ccc(Cl)cc3C(F)(F)F)=c3ccc4c(c3)C=NN=4)s2)CC1. The van der Waals surface area contributed by atoms with Gasteiger partial charge < -0.3 is 15.3 Å². The van der Waals surface area contributed by atoms with Gasteiger partial charge in [0.25, 0.3) is 0 Å². The average molecular weight is 534 g/mol. The van der Waals surface area contributed by atoms with Crippen LogP contribution in [-0.2, 0) is 12.6 Å². The number of anilines is 1. The molecule has 0 radical (unpaired) electrons. The molecular weight excluding hydrogens is 511 g/mol. The van der Waals surface area contributed by atoms with Gasteiger partial charge in [0.2, 0.25) is 5.88 Å². The number of likely N-dealkylation sites (tertiary alicyclic amines) is 1. The van der Waals surface area contributed by atoms with Gasteiger partial charge in [0.15, 0.2) is 5.13 Å². The van der Waals surface area contributed by atoms with Gasteiger partial charge in [-0.15, -0.1) is 0 Å². The molecule has 2 N–H and O–H groups in total. The molecule has 0 aliphatic carbocycles. The number of aromatic nitrogens is 1. The molecule has 6 nitrogen and oxygen atoms in total. The van der Waals surface area contributed by atoms with Crippen molar-refractivity contribution in [2.75, 3.05) is 25.5 Å². The van der Waals surface area contributed by atoms with Crippen LogP contribution in [0.4, 0.5) is 18.3 Å². The Morgan fingerprint density at radius 3 is 2.72 bits per heavy atom. The van der Waals surface area contributed by atoms with E-state index in [1.165, 1.54) is 23.5 Å². The quantitative estimate of drug-likeness (QED) is 0.509. The highest BCUT2D eigenvalue weighted by molar-refractivity contribution is 7.17. The van der Waals surface area contributed by atoms with Crippen LogP contribution in [0.2, 0.25) is 5.02 Å². The van der Waals surface area contributed by atoms with Gasteiger partial charge in [0.1, 0.15) is 0 Å². The fraction of sp³-hybridized carbons (Fsp3) is 0.320. The molecule has 188 valence electrons. The van der Waals surface area contributed by atoms with Crippen molar-refractivity contribution in [3.05, 3.63) is 73.6 Å². The monoisotopic (exact) mass is 533 g/mol. The first kappa shape index (κ1) is 24.7. The van der Waals surface area contributed by atoms with E-state index in [4.69, 9.17) is 11.6 Å². The number of piperidine rings is 1. The van der Waals surface area contributed by atoms with Gasteiger partial charge in [-0.3, -0.25) is 0 Å². The van der Waals surface area contributed by atoms with Crippen molar-refractivity contribution in [2.45, 2.75) is 31.5 Å². The molecule has 3 heterocycles. The second-order valence-corrected chi connectivity index (χ2v) is 10.4. The van der Waals surface area contributed by atoms with Crippen molar-refractivity contribution in [2.24, 2.45) is 10.2 Å². The van der Waals surface area contributed by atoms with Crippen molar-refractivity contribution >= 4 is 39.9 Å². The second kappa shape index (κ2) is 9.84. The van der Waals surface area contributed by atoms with Crippen LogP contribution in [0.3, 0.4) is 0 Å². The molecule has 2 aliphatic heterocycles. The number of hydrogen-bond acceptors (Lipinski definition) is 7. The van der Waals surface area contributed by atoms with E-state index in [0.29, 0.717) is 26.2 Å². The van der Waals surface area contributed by atoms with Gasteiger partial charge >= 0.3 is 6.18 Å². The molecule has 2 aromatic carbocycles. The first-order valence-electron chi connectivity index (χ1n) is 11.4. The second-order valence-electron chi connectivity index (χ2n) is 8.97. The van der Waals surface area contributed by atoms with E-state index in [0.717, 1.165) is 37.6 Å². The minimum Gasteiger partial charge on any atom is -0.492 e. The number of nitrogens with one attached hydrogen (secondary N) is 1. The number of thiazole rings is 1. The lowest BCUT2D eigenvalue weighted by molar-refractivity contribution is -0.138. The zero-order valence-corrected chi connectivity index (χ0v) is 20.9. The minimum atomic E-state index is -4.58. The summed E-state index contributed by atoms with van der Waals surface area (Å²) in [4.78, 5) is 6.98. The van der Waals surface area contributed by atoms with E-state index in [9.17, 15) is 18.3 Å². The Labute approximate surface area is 214 Å². The molecule has 3 aromatic rings. The Bertz CT molecular complexity index is 1440. The zero-order chi connectivity index (χ0) is 25.4. The lowest BCUT2D eigenvalue weighted by Crippen LogP contribution is -2.36. The molecule has 0 amide bonds. The van der Waals surface area contributed by atoms with Crippen LogP contribution in [0.1, 0.15) is 34.4 Å². The maximum Gasteiger partial charge on any atom is 0.416 e. The maximum atomic E-state index is 13.9. The van der Waals surface area contributed by atoms with Crippen molar-refractivity contribution in [3.8, 4) is 5.88 Å².